The van der Waals surface area contributed by atoms with Gasteiger partial charge in [0, 0.05) is 36.1 Å². The van der Waals surface area contributed by atoms with E-state index in [1.54, 1.807) is 4.57 Å². The van der Waals surface area contributed by atoms with Crippen LogP contribution in [-0.2, 0) is 27.9 Å². The number of nitrogens with one attached hydrogen (secondary N) is 2. The van der Waals surface area contributed by atoms with E-state index >= 15 is 0 Å². The average Bonchev–Trinajstić information content (AvgIpc) is 3.01. The molecule has 1 aromatic carbocycles. The van der Waals surface area contributed by atoms with Crippen molar-refractivity contribution in [3.8, 4) is 0 Å². The van der Waals surface area contributed by atoms with Crippen LogP contribution in [0.2, 0.25) is 0 Å². The second-order valence-electron chi connectivity index (χ2n) is 6.96. The standard InChI is InChI=1S/C19H25BrN4O2S/c1-2-4-16-22-23-18(27)24(16)12-17(25)21-13-19(7-9-26-10-8-19)14-5-3-6-15(20)11-14/h3,5-6,11H,2,4,7-10,12-13H2,1H3,(H,21,25)(H,23,27). The van der Waals surface area contributed by atoms with Crippen LogP contribution in [-0.4, -0.2) is 40.4 Å². The van der Waals surface area contributed by atoms with E-state index in [1.165, 1.54) is 5.56 Å². The number of H-pyrrole nitrogens is 1. The van der Waals surface area contributed by atoms with Crippen LogP contribution >= 0.6 is 28.1 Å². The van der Waals surface area contributed by atoms with Crippen LogP contribution in [0.5, 0.6) is 0 Å². The highest BCUT2D eigenvalue weighted by molar-refractivity contribution is 9.10. The molecule has 0 spiro atoms. The van der Waals surface area contributed by atoms with Crippen molar-refractivity contribution >= 4 is 34.1 Å². The van der Waals surface area contributed by atoms with Crippen LogP contribution < -0.4 is 5.32 Å². The number of aromatic amines is 1. The number of aryl methyl sites for hydroxylation is 1. The normalized spacial score (nSPS) is 16.2. The van der Waals surface area contributed by atoms with Gasteiger partial charge in [0.05, 0.1) is 0 Å². The van der Waals surface area contributed by atoms with Gasteiger partial charge in [0.15, 0.2) is 4.77 Å². The Bertz CT molecular complexity index is 842. The van der Waals surface area contributed by atoms with E-state index in [2.05, 4.69) is 50.5 Å². The minimum atomic E-state index is -0.109. The van der Waals surface area contributed by atoms with Crippen LogP contribution in [0.3, 0.4) is 0 Å². The number of nitrogens with zero attached hydrogens (tertiary/aromatic N) is 2. The zero-order chi connectivity index (χ0) is 19.3. The van der Waals surface area contributed by atoms with Gasteiger partial charge in [-0.25, -0.2) is 0 Å². The van der Waals surface area contributed by atoms with Crippen LogP contribution in [0.1, 0.15) is 37.6 Å². The van der Waals surface area contributed by atoms with Crippen molar-refractivity contribution in [2.75, 3.05) is 19.8 Å². The molecule has 1 saturated heterocycles. The lowest BCUT2D eigenvalue weighted by molar-refractivity contribution is -0.122. The maximum Gasteiger partial charge on any atom is 0.240 e. The lowest BCUT2D eigenvalue weighted by Crippen LogP contribution is -2.45. The molecule has 0 unspecified atom stereocenters. The Balaban J connectivity index is 1.72. The van der Waals surface area contributed by atoms with E-state index in [1.807, 2.05) is 12.1 Å². The summed E-state index contributed by atoms with van der Waals surface area (Å²) in [7, 11) is 0. The van der Waals surface area contributed by atoms with Crippen LogP contribution in [0, 0.1) is 4.77 Å². The van der Waals surface area contributed by atoms with Gasteiger partial charge < -0.3 is 10.1 Å². The third-order valence-corrected chi connectivity index (χ3v) is 5.93. The molecule has 2 N–H and O–H groups in total. The third kappa shape index (κ3) is 4.86. The molecule has 0 aliphatic carbocycles. The molecule has 2 heterocycles. The number of hydrogen-bond acceptors (Lipinski definition) is 4. The highest BCUT2D eigenvalue weighted by atomic mass is 79.9. The number of ether oxygens (including phenoxy) is 1. The molecule has 3 rings (SSSR count). The lowest BCUT2D eigenvalue weighted by atomic mass is 9.74. The van der Waals surface area contributed by atoms with Crippen molar-refractivity contribution in [3.63, 3.8) is 0 Å². The molecule has 1 fully saturated rings. The van der Waals surface area contributed by atoms with Gasteiger partial charge in [0.2, 0.25) is 5.91 Å². The minimum Gasteiger partial charge on any atom is -0.381 e. The molecule has 0 radical (unpaired) electrons. The molecule has 1 aliphatic rings. The molecule has 0 atom stereocenters. The molecule has 1 aromatic heterocycles. The maximum absolute atomic E-state index is 12.6. The first-order chi connectivity index (χ1) is 13.0. The molecule has 2 aromatic rings. The summed E-state index contributed by atoms with van der Waals surface area (Å²) < 4.78 is 8.89. The monoisotopic (exact) mass is 452 g/mol. The number of rotatable bonds is 7. The number of benzene rings is 1. The van der Waals surface area contributed by atoms with Crippen molar-refractivity contribution in [2.45, 2.75) is 44.6 Å². The summed E-state index contributed by atoms with van der Waals surface area (Å²) in [6, 6.07) is 8.34. The van der Waals surface area contributed by atoms with Crippen molar-refractivity contribution in [1.29, 1.82) is 0 Å². The molecule has 27 heavy (non-hydrogen) atoms. The summed E-state index contributed by atoms with van der Waals surface area (Å²) in [6.07, 6.45) is 3.51. The van der Waals surface area contributed by atoms with E-state index in [0.29, 0.717) is 24.5 Å². The van der Waals surface area contributed by atoms with Crippen molar-refractivity contribution < 1.29 is 9.53 Å². The second kappa shape index (κ2) is 9.12. The Labute approximate surface area is 172 Å². The van der Waals surface area contributed by atoms with Crippen LogP contribution in [0.15, 0.2) is 28.7 Å². The van der Waals surface area contributed by atoms with E-state index in [9.17, 15) is 4.79 Å². The molecule has 1 aliphatic heterocycles. The predicted octanol–water partition coefficient (Wildman–Crippen LogP) is 3.52. The molecule has 0 saturated carbocycles. The Kier molecular flexibility index (Phi) is 6.83. The summed E-state index contributed by atoms with van der Waals surface area (Å²) in [5.74, 6) is 0.774. The van der Waals surface area contributed by atoms with Crippen LogP contribution in [0.4, 0.5) is 0 Å². The van der Waals surface area contributed by atoms with Gasteiger partial charge in [-0.05, 0) is 49.2 Å². The zero-order valence-electron chi connectivity index (χ0n) is 15.5. The van der Waals surface area contributed by atoms with Gasteiger partial charge in [0.25, 0.3) is 0 Å². The molecular weight excluding hydrogens is 428 g/mol. The van der Waals surface area contributed by atoms with Crippen molar-refractivity contribution in [3.05, 3.63) is 44.9 Å². The van der Waals surface area contributed by atoms with Crippen molar-refractivity contribution in [2.24, 2.45) is 0 Å². The maximum atomic E-state index is 12.6. The SMILES string of the molecule is CCCc1n[nH]c(=S)n1CC(=O)NCC1(c2cccc(Br)c2)CCOCC1. The molecule has 1 amide bonds. The van der Waals surface area contributed by atoms with Gasteiger partial charge in [-0.15, -0.1) is 0 Å². The first-order valence-electron chi connectivity index (χ1n) is 9.29. The van der Waals surface area contributed by atoms with E-state index in [0.717, 1.165) is 36.0 Å². The van der Waals surface area contributed by atoms with Gasteiger partial charge in [-0.2, -0.15) is 5.10 Å². The Morgan fingerprint density at radius 1 is 1.44 bits per heavy atom. The second-order valence-corrected chi connectivity index (χ2v) is 8.26. The van der Waals surface area contributed by atoms with E-state index in [-0.39, 0.29) is 17.9 Å². The highest BCUT2D eigenvalue weighted by Gasteiger charge is 2.35. The first-order valence-corrected chi connectivity index (χ1v) is 10.5. The number of aromatic nitrogens is 3. The van der Waals surface area contributed by atoms with Crippen molar-refractivity contribution in [1.82, 2.24) is 20.1 Å². The smallest absolute Gasteiger partial charge is 0.240 e. The lowest BCUT2D eigenvalue weighted by Gasteiger charge is -2.38. The first kappa shape index (κ1) is 20.2. The number of hydrogen-bond donors (Lipinski definition) is 2. The Morgan fingerprint density at radius 3 is 2.93 bits per heavy atom. The zero-order valence-corrected chi connectivity index (χ0v) is 17.9. The fraction of sp³-hybridized carbons (Fsp3) is 0.526. The molecule has 6 nitrogen and oxygen atoms in total. The van der Waals surface area contributed by atoms with Gasteiger partial charge in [0.1, 0.15) is 12.4 Å². The minimum absolute atomic E-state index is 0.0503. The van der Waals surface area contributed by atoms with Gasteiger partial charge in [-0.1, -0.05) is 35.0 Å². The van der Waals surface area contributed by atoms with E-state index < -0.39 is 0 Å². The molecule has 146 valence electrons. The molecule has 8 heteroatoms. The Morgan fingerprint density at radius 2 is 2.22 bits per heavy atom. The fourth-order valence-electron chi connectivity index (χ4n) is 3.54. The number of halogens is 1. The molecular formula is C19H25BrN4O2S. The summed E-state index contributed by atoms with van der Waals surface area (Å²) in [6.45, 7) is 4.26. The van der Waals surface area contributed by atoms with Gasteiger partial charge >= 0.3 is 0 Å². The summed E-state index contributed by atoms with van der Waals surface area (Å²) in [5, 5.41) is 10.1. The topological polar surface area (TPSA) is 71.9 Å². The fourth-order valence-corrected chi connectivity index (χ4v) is 4.16. The van der Waals surface area contributed by atoms with Gasteiger partial charge in [-0.3, -0.25) is 14.5 Å². The quantitative estimate of drug-likeness (QED) is 0.630. The number of carbonyl (C=O) groups excluding carboxylic acids is 1. The molecule has 0 bridgehead atoms. The van der Waals surface area contributed by atoms with Crippen LogP contribution in [0.25, 0.3) is 0 Å². The summed E-state index contributed by atoms with van der Waals surface area (Å²) in [5.41, 5.74) is 1.12. The summed E-state index contributed by atoms with van der Waals surface area (Å²) >= 11 is 8.83. The average molecular weight is 453 g/mol. The Hall–Kier alpha value is -1.51. The third-order valence-electron chi connectivity index (χ3n) is 5.12. The summed E-state index contributed by atoms with van der Waals surface area (Å²) in [4.78, 5) is 12.6. The van der Waals surface area contributed by atoms with E-state index in [4.69, 9.17) is 17.0 Å². The number of carbonyl (C=O) groups is 1. The number of amides is 1. The highest BCUT2D eigenvalue weighted by Crippen LogP contribution is 2.35. The largest absolute Gasteiger partial charge is 0.381 e. The predicted molar refractivity (Wildman–Crippen MR) is 110 cm³/mol.